The summed E-state index contributed by atoms with van der Waals surface area (Å²) in [6, 6.07) is 7.63. The lowest BCUT2D eigenvalue weighted by Gasteiger charge is -2.36. The topological polar surface area (TPSA) is 53.0 Å². The van der Waals surface area contributed by atoms with Gasteiger partial charge in [-0.05, 0) is 37.3 Å². The van der Waals surface area contributed by atoms with Crippen LogP contribution in [0.25, 0.3) is 0 Å². The first-order valence-electron chi connectivity index (χ1n) is 8.70. The molecule has 5 nitrogen and oxygen atoms in total. The summed E-state index contributed by atoms with van der Waals surface area (Å²) < 4.78 is 0. The van der Waals surface area contributed by atoms with E-state index in [1.54, 1.807) is 0 Å². The van der Waals surface area contributed by atoms with E-state index in [9.17, 15) is 9.59 Å². The summed E-state index contributed by atoms with van der Waals surface area (Å²) in [4.78, 5) is 27.0. The summed E-state index contributed by atoms with van der Waals surface area (Å²) in [5.74, 6) is 0.947. The van der Waals surface area contributed by atoms with Gasteiger partial charge in [-0.25, -0.2) is 5.01 Å². The van der Waals surface area contributed by atoms with Gasteiger partial charge >= 0.3 is 0 Å². The number of likely N-dealkylation sites (tertiary alicyclic amines) is 1. The third-order valence-corrected chi connectivity index (χ3v) is 4.71. The molecule has 2 aliphatic rings. The number of rotatable bonds is 2. The predicted molar refractivity (Wildman–Crippen MR) is 94.9 cm³/mol. The van der Waals surface area contributed by atoms with E-state index in [1.165, 1.54) is 5.01 Å². The highest BCUT2D eigenvalue weighted by atomic mass is 16.2. The second-order valence-electron chi connectivity index (χ2n) is 7.24. The fourth-order valence-electron chi connectivity index (χ4n) is 3.61. The van der Waals surface area contributed by atoms with E-state index in [-0.39, 0.29) is 11.8 Å². The van der Waals surface area contributed by atoms with Crippen molar-refractivity contribution in [2.75, 3.05) is 18.1 Å². The molecule has 2 unspecified atom stereocenters. The first kappa shape index (κ1) is 16.7. The fourth-order valence-corrected chi connectivity index (χ4v) is 3.61. The Morgan fingerprint density at radius 1 is 1.08 bits per heavy atom. The maximum atomic E-state index is 12.8. The van der Waals surface area contributed by atoms with Gasteiger partial charge in [0.25, 0.3) is 5.91 Å². The molecule has 0 aliphatic carbocycles. The first-order valence-corrected chi connectivity index (χ1v) is 8.70. The molecule has 1 fully saturated rings. The molecule has 2 heterocycles. The van der Waals surface area contributed by atoms with Crippen LogP contribution >= 0.6 is 0 Å². The predicted octanol–water partition coefficient (Wildman–Crippen LogP) is 2.98. The minimum Gasteiger partial charge on any atom is -0.337 e. The van der Waals surface area contributed by atoms with E-state index in [0.717, 1.165) is 30.8 Å². The number of benzene rings is 1. The van der Waals surface area contributed by atoms with Crippen molar-refractivity contribution >= 4 is 23.2 Å². The molecule has 0 spiro atoms. The average molecular weight is 327 g/mol. The minimum atomic E-state index is -0.0595. The third kappa shape index (κ3) is 3.50. The number of carbonyl (C=O) groups is 2. The number of hydrogen-bond acceptors (Lipinski definition) is 3. The van der Waals surface area contributed by atoms with Crippen molar-refractivity contribution in [1.29, 1.82) is 0 Å². The molecule has 0 radical (unpaired) electrons. The van der Waals surface area contributed by atoms with Crippen molar-refractivity contribution in [3.05, 3.63) is 29.8 Å². The van der Waals surface area contributed by atoms with Crippen LogP contribution in [-0.4, -0.2) is 35.5 Å². The molecule has 128 valence electrons. The lowest BCUT2D eigenvalue weighted by atomic mass is 9.91. The van der Waals surface area contributed by atoms with Crippen LogP contribution in [0.2, 0.25) is 0 Å². The highest BCUT2D eigenvalue weighted by Crippen LogP contribution is 2.24. The van der Waals surface area contributed by atoms with Crippen molar-refractivity contribution in [3.8, 4) is 0 Å². The zero-order valence-corrected chi connectivity index (χ0v) is 14.7. The molecule has 0 saturated carbocycles. The lowest BCUT2D eigenvalue weighted by molar-refractivity contribution is -0.126. The molecule has 3 rings (SSSR count). The molecule has 2 aliphatic heterocycles. The molecule has 1 aromatic carbocycles. The van der Waals surface area contributed by atoms with Crippen LogP contribution in [0.4, 0.5) is 5.69 Å². The smallest absolute Gasteiger partial charge is 0.270 e. The Bertz CT molecular complexity index is 656. The summed E-state index contributed by atoms with van der Waals surface area (Å²) in [6.45, 7) is 7.92. The first-order chi connectivity index (χ1) is 11.4. The summed E-state index contributed by atoms with van der Waals surface area (Å²) >= 11 is 0. The van der Waals surface area contributed by atoms with Gasteiger partial charge in [0.1, 0.15) is 5.71 Å². The van der Waals surface area contributed by atoms with Crippen LogP contribution < -0.4 is 5.01 Å². The quantitative estimate of drug-likeness (QED) is 0.838. The largest absolute Gasteiger partial charge is 0.337 e. The van der Waals surface area contributed by atoms with Crippen molar-refractivity contribution < 1.29 is 9.59 Å². The SMILES string of the molecule is Cc1ccc(N2N=C(C(=O)N3CC(C)CC(C)C3)CCC2=O)cc1. The fraction of sp³-hybridized carbons (Fsp3) is 0.526. The monoisotopic (exact) mass is 327 g/mol. The van der Waals surface area contributed by atoms with Crippen LogP contribution in [0.1, 0.15) is 38.7 Å². The number of nitrogens with zero attached hydrogens (tertiary/aromatic N) is 3. The van der Waals surface area contributed by atoms with E-state index < -0.39 is 0 Å². The summed E-state index contributed by atoms with van der Waals surface area (Å²) in [5, 5.41) is 5.78. The van der Waals surface area contributed by atoms with Crippen LogP contribution in [0.3, 0.4) is 0 Å². The van der Waals surface area contributed by atoms with Crippen molar-refractivity contribution in [2.45, 2.75) is 40.0 Å². The standard InChI is InChI=1S/C19H25N3O2/c1-13-4-6-16(7-5-13)22-18(23)9-8-17(20-22)19(24)21-11-14(2)10-15(3)12-21/h4-7,14-15H,8-12H2,1-3H3. The molecular weight excluding hydrogens is 302 g/mol. The lowest BCUT2D eigenvalue weighted by Crippen LogP contribution is -2.47. The van der Waals surface area contributed by atoms with Gasteiger partial charge < -0.3 is 4.90 Å². The van der Waals surface area contributed by atoms with E-state index in [4.69, 9.17) is 0 Å². The van der Waals surface area contributed by atoms with E-state index in [1.807, 2.05) is 36.1 Å². The molecule has 0 aromatic heterocycles. The molecule has 5 heteroatoms. The molecule has 2 amide bonds. The summed E-state index contributed by atoms with van der Waals surface area (Å²) in [6.07, 6.45) is 1.92. The van der Waals surface area contributed by atoms with Crippen LogP contribution in [-0.2, 0) is 9.59 Å². The Morgan fingerprint density at radius 3 is 2.33 bits per heavy atom. The molecule has 1 aromatic rings. The molecule has 0 N–H and O–H groups in total. The number of anilines is 1. The number of amides is 2. The Morgan fingerprint density at radius 2 is 1.71 bits per heavy atom. The van der Waals surface area contributed by atoms with Gasteiger partial charge in [0.15, 0.2) is 0 Å². The van der Waals surface area contributed by atoms with Gasteiger partial charge in [-0.3, -0.25) is 9.59 Å². The van der Waals surface area contributed by atoms with Crippen molar-refractivity contribution in [3.63, 3.8) is 0 Å². The van der Waals surface area contributed by atoms with E-state index in [2.05, 4.69) is 18.9 Å². The number of aryl methyl sites for hydroxylation is 1. The Balaban J connectivity index is 1.82. The summed E-state index contributed by atoms with van der Waals surface area (Å²) in [7, 11) is 0. The average Bonchev–Trinajstić information content (AvgIpc) is 2.55. The molecule has 0 bridgehead atoms. The van der Waals surface area contributed by atoms with Gasteiger partial charge in [-0.1, -0.05) is 31.5 Å². The summed E-state index contributed by atoms with van der Waals surface area (Å²) in [5.41, 5.74) is 2.34. The normalized spacial score (nSPS) is 24.8. The van der Waals surface area contributed by atoms with Gasteiger partial charge in [0, 0.05) is 25.9 Å². The van der Waals surface area contributed by atoms with E-state index in [0.29, 0.717) is 30.4 Å². The molecule has 2 atom stereocenters. The number of carbonyl (C=O) groups excluding carboxylic acids is 2. The molecule has 1 saturated heterocycles. The van der Waals surface area contributed by atoms with Crippen molar-refractivity contribution in [2.24, 2.45) is 16.9 Å². The van der Waals surface area contributed by atoms with Gasteiger partial charge in [0.05, 0.1) is 5.69 Å². The zero-order chi connectivity index (χ0) is 17.3. The van der Waals surface area contributed by atoms with Gasteiger partial charge in [-0.2, -0.15) is 5.10 Å². The van der Waals surface area contributed by atoms with Crippen LogP contribution in [0, 0.1) is 18.8 Å². The second kappa shape index (κ2) is 6.75. The molecular formula is C19H25N3O2. The van der Waals surface area contributed by atoms with Gasteiger partial charge in [0.2, 0.25) is 5.91 Å². The van der Waals surface area contributed by atoms with E-state index >= 15 is 0 Å². The zero-order valence-electron chi connectivity index (χ0n) is 14.7. The highest BCUT2D eigenvalue weighted by molar-refractivity contribution is 6.40. The molecule has 24 heavy (non-hydrogen) atoms. The number of piperidine rings is 1. The minimum absolute atomic E-state index is 0.0157. The Labute approximate surface area is 143 Å². The van der Waals surface area contributed by atoms with Crippen molar-refractivity contribution in [1.82, 2.24) is 4.90 Å². The Hall–Kier alpha value is -2.17. The number of hydrogen-bond donors (Lipinski definition) is 0. The number of hydrazone groups is 1. The second-order valence-corrected chi connectivity index (χ2v) is 7.24. The maximum Gasteiger partial charge on any atom is 0.270 e. The Kier molecular flexibility index (Phi) is 4.69. The van der Waals surface area contributed by atoms with Gasteiger partial charge in [-0.15, -0.1) is 0 Å². The third-order valence-electron chi connectivity index (χ3n) is 4.71. The van der Waals surface area contributed by atoms with Crippen LogP contribution in [0.5, 0.6) is 0 Å². The maximum absolute atomic E-state index is 12.8. The highest BCUT2D eigenvalue weighted by Gasteiger charge is 2.31. The van der Waals surface area contributed by atoms with Crippen LogP contribution in [0.15, 0.2) is 29.4 Å².